The van der Waals surface area contributed by atoms with Crippen LogP contribution in [-0.2, 0) is 11.3 Å². The molecule has 3 aromatic rings. The van der Waals surface area contributed by atoms with E-state index in [1.54, 1.807) is 41.1 Å². The van der Waals surface area contributed by atoms with Crippen molar-refractivity contribution in [3.8, 4) is 0 Å². The van der Waals surface area contributed by atoms with E-state index >= 15 is 0 Å². The van der Waals surface area contributed by atoms with Gasteiger partial charge in [0.15, 0.2) is 0 Å². The first-order valence-electron chi connectivity index (χ1n) is 11.9. The highest BCUT2D eigenvalue weighted by Crippen LogP contribution is 2.27. The molecule has 1 unspecified atom stereocenters. The number of carbonyl (C=O) groups is 2. The largest absolute Gasteiger partial charge is 0.465 e. The molecule has 1 heterocycles. The highest BCUT2D eigenvalue weighted by Gasteiger charge is 2.31. The normalized spacial score (nSPS) is 15.5. The quantitative estimate of drug-likeness (QED) is 0.138. The van der Waals surface area contributed by atoms with Crippen molar-refractivity contribution in [1.82, 2.24) is 9.21 Å². The molecule has 1 aliphatic rings. The molecule has 3 aromatic carbocycles. The average Bonchev–Trinajstić information content (AvgIpc) is 3.41. The van der Waals surface area contributed by atoms with Crippen molar-refractivity contribution in [2.24, 2.45) is 0 Å². The van der Waals surface area contributed by atoms with Crippen LogP contribution in [0.5, 0.6) is 0 Å². The fourth-order valence-corrected chi connectivity index (χ4v) is 5.13. The Bertz CT molecular complexity index is 1310. The first kappa shape index (κ1) is 27.4. The summed E-state index contributed by atoms with van der Waals surface area (Å²) in [5, 5.41) is 13.8. The highest BCUT2D eigenvalue weighted by atomic mass is 35.5. The first-order valence-corrected chi connectivity index (χ1v) is 13.1. The molecular formula is C28H26ClN3O5S. The first-order chi connectivity index (χ1) is 18.3. The number of ether oxygens (including phenoxy) is 1. The fraction of sp³-hybridized carbons (Fsp3) is 0.214. The van der Waals surface area contributed by atoms with Gasteiger partial charge in [0, 0.05) is 48.4 Å². The van der Waals surface area contributed by atoms with E-state index in [0.29, 0.717) is 29.2 Å². The second kappa shape index (κ2) is 12.7. The summed E-state index contributed by atoms with van der Waals surface area (Å²) in [4.78, 5) is 37.8. The van der Waals surface area contributed by atoms with Crippen LogP contribution in [0, 0.1) is 10.1 Å². The molecule has 1 aliphatic heterocycles. The Hall–Kier alpha value is -3.66. The molecule has 0 N–H and O–H groups in total. The van der Waals surface area contributed by atoms with Crippen LogP contribution < -0.4 is 0 Å². The number of esters is 1. The number of rotatable bonds is 9. The van der Waals surface area contributed by atoms with Crippen LogP contribution in [0.2, 0.25) is 5.02 Å². The van der Waals surface area contributed by atoms with Crippen LogP contribution >= 0.6 is 23.5 Å². The van der Waals surface area contributed by atoms with Gasteiger partial charge < -0.3 is 9.64 Å². The van der Waals surface area contributed by atoms with Gasteiger partial charge in [-0.3, -0.25) is 14.9 Å². The summed E-state index contributed by atoms with van der Waals surface area (Å²) in [6.07, 6.45) is 2.79. The van der Waals surface area contributed by atoms with E-state index in [1.807, 2.05) is 35.7 Å². The van der Waals surface area contributed by atoms with Gasteiger partial charge in [0.25, 0.3) is 11.6 Å². The van der Waals surface area contributed by atoms with Crippen LogP contribution in [0.4, 0.5) is 5.69 Å². The minimum Gasteiger partial charge on any atom is -0.465 e. The number of nitro benzene ring substituents is 1. The summed E-state index contributed by atoms with van der Waals surface area (Å²) >= 11 is 7.54. The van der Waals surface area contributed by atoms with Crippen molar-refractivity contribution in [1.29, 1.82) is 0 Å². The molecule has 196 valence electrons. The van der Waals surface area contributed by atoms with Crippen molar-refractivity contribution in [3.63, 3.8) is 0 Å². The third-order valence-electron chi connectivity index (χ3n) is 6.22. The number of halogens is 1. The molecule has 8 nitrogen and oxygen atoms in total. The Balaban J connectivity index is 1.49. The predicted octanol–water partition coefficient (Wildman–Crippen LogP) is 6.07. The SMILES string of the molecule is COC(=O)c1ccc(CN(C(=O)c2ccc([N+](=O)[O-])cc2)C2CCN(S/C=C/c3ccc(Cl)cc3)C2)cc1. The van der Waals surface area contributed by atoms with Gasteiger partial charge in [-0.15, -0.1) is 0 Å². The molecule has 4 rings (SSSR count). The third-order valence-corrected chi connectivity index (χ3v) is 7.36. The summed E-state index contributed by atoms with van der Waals surface area (Å²) in [7, 11) is 1.33. The Kier molecular flexibility index (Phi) is 9.17. The fourth-order valence-electron chi connectivity index (χ4n) is 4.15. The van der Waals surface area contributed by atoms with E-state index in [9.17, 15) is 19.7 Å². The van der Waals surface area contributed by atoms with Gasteiger partial charge in [0.05, 0.1) is 17.6 Å². The number of nitro groups is 1. The van der Waals surface area contributed by atoms with Gasteiger partial charge in [0.1, 0.15) is 0 Å². The molecule has 0 bridgehead atoms. The number of nitrogens with zero attached hydrogens (tertiary/aromatic N) is 3. The molecule has 38 heavy (non-hydrogen) atoms. The predicted molar refractivity (Wildman–Crippen MR) is 149 cm³/mol. The number of methoxy groups -OCH3 is 1. The van der Waals surface area contributed by atoms with Gasteiger partial charge >= 0.3 is 5.97 Å². The highest BCUT2D eigenvalue weighted by molar-refractivity contribution is 8.00. The van der Waals surface area contributed by atoms with Gasteiger partial charge in [-0.05, 0) is 65.4 Å². The van der Waals surface area contributed by atoms with E-state index in [2.05, 4.69) is 4.31 Å². The zero-order valence-corrected chi connectivity index (χ0v) is 22.2. The Morgan fingerprint density at radius 1 is 1.08 bits per heavy atom. The maximum Gasteiger partial charge on any atom is 0.337 e. The molecule has 10 heteroatoms. The maximum atomic E-state index is 13.6. The van der Waals surface area contributed by atoms with Gasteiger partial charge in [-0.1, -0.05) is 47.8 Å². The number of hydrogen-bond acceptors (Lipinski definition) is 7. The zero-order valence-electron chi connectivity index (χ0n) is 20.7. The van der Waals surface area contributed by atoms with E-state index in [1.165, 1.54) is 31.4 Å². The second-order valence-electron chi connectivity index (χ2n) is 8.72. The smallest absolute Gasteiger partial charge is 0.337 e. The minimum atomic E-state index is -0.488. The van der Waals surface area contributed by atoms with Gasteiger partial charge in [0.2, 0.25) is 0 Å². The lowest BCUT2D eigenvalue weighted by molar-refractivity contribution is -0.384. The second-order valence-corrected chi connectivity index (χ2v) is 10.2. The van der Waals surface area contributed by atoms with Crippen molar-refractivity contribution in [2.75, 3.05) is 20.2 Å². The summed E-state index contributed by atoms with van der Waals surface area (Å²) in [5.41, 5.74) is 2.66. The summed E-state index contributed by atoms with van der Waals surface area (Å²) < 4.78 is 6.97. The lowest BCUT2D eigenvalue weighted by Gasteiger charge is -2.29. The summed E-state index contributed by atoms with van der Waals surface area (Å²) in [6, 6.07) is 20.1. The lowest BCUT2D eigenvalue weighted by Crippen LogP contribution is -2.41. The molecular weight excluding hydrogens is 526 g/mol. The number of benzene rings is 3. The van der Waals surface area contributed by atoms with Crippen LogP contribution in [-0.4, -0.2) is 52.2 Å². The molecule has 0 aliphatic carbocycles. The Morgan fingerprint density at radius 2 is 1.74 bits per heavy atom. The van der Waals surface area contributed by atoms with E-state index in [4.69, 9.17) is 16.3 Å². The number of hydrogen-bond donors (Lipinski definition) is 0. The molecule has 1 amide bonds. The maximum absolute atomic E-state index is 13.6. The Morgan fingerprint density at radius 3 is 2.37 bits per heavy atom. The van der Waals surface area contributed by atoms with E-state index in [0.717, 1.165) is 24.1 Å². The summed E-state index contributed by atoms with van der Waals surface area (Å²) in [5.74, 6) is -0.629. The van der Waals surface area contributed by atoms with Crippen molar-refractivity contribution in [3.05, 3.63) is 116 Å². The topological polar surface area (TPSA) is 93.0 Å². The number of carbonyl (C=O) groups excluding carboxylic acids is 2. The van der Waals surface area contributed by atoms with Crippen LogP contribution in [0.3, 0.4) is 0 Å². The molecule has 0 radical (unpaired) electrons. The number of amides is 1. The van der Waals surface area contributed by atoms with E-state index < -0.39 is 10.9 Å². The Labute approximate surface area is 230 Å². The number of non-ortho nitro benzene ring substituents is 1. The van der Waals surface area contributed by atoms with Crippen molar-refractivity contribution < 1.29 is 19.2 Å². The molecule has 0 spiro atoms. The minimum absolute atomic E-state index is 0.0607. The van der Waals surface area contributed by atoms with Crippen LogP contribution in [0.25, 0.3) is 6.08 Å². The summed E-state index contributed by atoms with van der Waals surface area (Å²) in [6.45, 7) is 1.79. The van der Waals surface area contributed by atoms with Crippen molar-refractivity contribution >= 4 is 47.2 Å². The monoisotopic (exact) mass is 551 g/mol. The molecule has 1 saturated heterocycles. The van der Waals surface area contributed by atoms with Crippen LogP contribution in [0.1, 0.15) is 38.3 Å². The third kappa shape index (κ3) is 7.00. The van der Waals surface area contributed by atoms with Crippen molar-refractivity contribution in [2.45, 2.75) is 19.0 Å². The van der Waals surface area contributed by atoms with Gasteiger partial charge in [-0.2, -0.15) is 0 Å². The van der Waals surface area contributed by atoms with E-state index in [-0.39, 0.29) is 17.6 Å². The molecule has 0 saturated carbocycles. The standard InChI is InChI=1S/C28H26ClN3O5S/c1-37-28(34)23-6-2-21(3-7-23)18-31(27(33)22-8-12-25(13-9-22)32(35)36)26-14-16-30(19-26)38-17-15-20-4-10-24(29)11-5-20/h2-13,15,17,26H,14,16,18-19H2,1H3/b17-15+. The average molecular weight is 552 g/mol. The molecule has 1 atom stereocenters. The van der Waals surface area contributed by atoms with Gasteiger partial charge in [-0.25, -0.2) is 9.10 Å². The molecule has 1 fully saturated rings. The van der Waals surface area contributed by atoms with Crippen LogP contribution in [0.15, 0.2) is 78.2 Å². The molecule has 0 aromatic heterocycles. The zero-order chi connectivity index (χ0) is 27.1. The lowest BCUT2D eigenvalue weighted by atomic mass is 10.1.